The van der Waals surface area contributed by atoms with Crippen molar-refractivity contribution >= 4 is 34.7 Å². The number of aromatic nitrogens is 2. The molecule has 168 valence electrons. The monoisotopic (exact) mass is 444 g/mol. The molecular weight excluding hydrogens is 420 g/mol. The van der Waals surface area contributed by atoms with E-state index < -0.39 is 6.09 Å². The minimum absolute atomic E-state index is 0.159. The Labute approximate surface area is 190 Å². The molecular formula is C25H24N4O4. The lowest BCUT2D eigenvalue weighted by Gasteiger charge is -2.09. The number of amides is 2. The van der Waals surface area contributed by atoms with Gasteiger partial charge < -0.3 is 24.4 Å². The van der Waals surface area contributed by atoms with E-state index in [0.29, 0.717) is 5.69 Å². The number of anilines is 1. The molecule has 4 aromatic rings. The highest BCUT2D eigenvalue weighted by Crippen LogP contribution is 2.26. The molecule has 8 nitrogen and oxygen atoms in total. The predicted molar refractivity (Wildman–Crippen MR) is 126 cm³/mol. The van der Waals surface area contributed by atoms with Gasteiger partial charge in [0, 0.05) is 24.7 Å². The summed E-state index contributed by atoms with van der Waals surface area (Å²) in [6, 6.07) is 16.2. The summed E-state index contributed by atoms with van der Waals surface area (Å²) in [5, 5.41) is 6.36. The summed E-state index contributed by atoms with van der Waals surface area (Å²) in [4.78, 5) is 27.9. The molecule has 0 aliphatic rings. The number of rotatable bonds is 7. The predicted octanol–water partition coefficient (Wildman–Crippen LogP) is 4.61. The molecule has 0 bridgehead atoms. The number of carbonyl (C=O) groups excluding carboxylic acids is 2. The van der Waals surface area contributed by atoms with E-state index in [1.807, 2.05) is 30.5 Å². The van der Waals surface area contributed by atoms with Crippen LogP contribution >= 0.6 is 0 Å². The van der Waals surface area contributed by atoms with Crippen LogP contribution < -0.4 is 10.6 Å². The fraction of sp³-hybridized carbons (Fsp3) is 0.160. The van der Waals surface area contributed by atoms with E-state index in [4.69, 9.17) is 4.42 Å². The highest BCUT2D eigenvalue weighted by Gasteiger charge is 2.14. The highest BCUT2D eigenvalue weighted by molar-refractivity contribution is 6.07. The van der Waals surface area contributed by atoms with E-state index in [1.54, 1.807) is 12.2 Å². The van der Waals surface area contributed by atoms with Gasteiger partial charge in [0.05, 0.1) is 18.3 Å². The summed E-state index contributed by atoms with van der Waals surface area (Å²) < 4.78 is 12.0. The molecule has 2 aromatic heterocycles. The van der Waals surface area contributed by atoms with E-state index >= 15 is 0 Å². The van der Waals surface area contributed by atoms with Crippen LogP contribution in [-0.4, -0.2) is 35.2 Å². The largest absolute Gasteiger partial charge is 0.453 e. The number of fused-ring (bicyclic) bond motifs is 1. The fourth-order valence-corrected chi connectivity index (χ4v) is 3.51. The van der Waals surface area contributed by atoms with E-state index in [9.17, 15) is 9.59 Å². The third kappa shape index (κ3) is 5.30. The molecule has 4 rings (SSSR count). The molecule has 0 fully saturated rings. The summed E-state index contributed by atoms with van der Waals surface area (Å²) >= 11 is 0. The van der Waals surface area contributed by atoms with E-state index in [-0.39, 0.29) is 24.0 Å². The Balaban J connectivity index is 1.45. The quantitative estimate of drug-likeness (QED) is 0.434. The topological polar surface area (TPSA) is 98.4 Å². The number of hydrogen-bond donors (Lipinski definition) is 2. The minimum Gasteiger partial charge on any atom is -0.453 e. The Hall–Kier alpha value is -4.33. The van der Waals surface area contributed by atoms with Gasteiger partial charge in [0.15, 0.2) is 5.69 Å². The van der Waals surface area contributed by atoms with Crippen molar-refractivity contribution in [2.45, 2.75) is 13.5 Å². The molecule has 0 radical (unpaired) electrons. The number of nitrogens with one attached hydrogen (secondary N) is 2. The normalized spacial score (nSPS) is 11.1. The van der Waals surface area contributed by atoms with Crippen molar-refractivity contribution in [3.8, 4) is 0 Å². The fourth-order valence-electron chi connectivity index (χ4n) is 3.51. The van der Waals surface area contributed by atoms with Crippen LogP contribution in [0.15, 0.2) is 71.5 Å². The third-order valence-electron chi connectivity index (χ3n) is 5.06. The molecule has 0 saturated heterocycles. The second-order valence-corrected chi connectivity index (χ2v) is 7.47. The van der Waals surface area contributed by atoms with E-state index in [1.165, 1.54) is 24.5 Å². The number of methoxy groups -OCH3 is 1. The Morgan fingerprint density at radius 3 is 2.85 bits per heavy atom. The summed E-state index contributed by atoms with van der Waals surface area (Å²) in [5.41, 5.74) is 4.32. The standard InChI is InChI=1S/C25H24N4O4/c1-17-6-3-7-18(14-17)15-29-13-11-19-20(8-4-9-22(19)29)28-24(30)21-16-33-23(27-21)10-5-12-26-25(31)32-2/h3-11,13-14,16H,12,15H2,1-2H3,(H,26,31)(H,28,30)/b10-5-. The molecule has 2 heterocycles. The molecule has 8 heteroatoms. The van der Waals surface area contributed by atoms with Gasteiger partial charge in [0.2, 0.25) is 5.89 Å². The number of hydrogen-bond acceptors (Lipinski definition) is 5. The number of nitrogens with zero attached hydrogens (tertiary/aromatic N) is 2. The van der Waals surface area contributed by atoms with Crippen LogP contribution in [0.2, 0.25) is 0 Å². The maximum atomic E-state index is 12.7. The van der Waals surface area contributed by atoms with Crippen LogP contribution in [-0.2, 0) is 11.3 Å². The van der Waals surface area contributed by atoms with Crippen LogP contribution in [0, 0.1) is 6.92 Å². The lowest BCUT2D eigenvalue weighted by molar-refractivity contribution is 0.102. The first-order valence-corrected chi connectivity index (χ1v) is 10.4. The highest BCUT2D eigenvalue weighted by atomic mass is 16.5. The number of aryl methyl sites for hydroxylation is 1. The summed E-state index contributed by atoms with van der Waals surface area (Å²) in [5.74, 6) is -0.112. The second-order valence-electron chi connectivity index (χ2n) is 7.47. The number of ether oxygens (including phenoxy) is 1. The Morgan fingerprint density at radius 2 is 2.03 bits per heavy atom. The summed E-state index contributed by atoms with van der Waals surface area (Å²) in [7, 11) is 1.29. The first kappa shape index (κ1) is 21.9. The van der Waals surface area contributed by atoms with Gasteiger partial charge in [-0.2, -0.15) is 0 Å². The van der Waals surface area contributed by atoms with Crippen LogP contribution in [0.4, 0.5) is 10.5 Å². The smallest absolute Gasteiger partial charge is 0.407 e. The Bertz CT molecular complexity index is 1320. The Morgan fingerprint density at radius 1 is 1.18 bits per heavy atom. The van der Waals surface area contributed by atoms with Gasteiger partial charge in [-0.1, -0.05) is 42.0 Å². The first-order valence-electron chi connectivity index (χ1n) is 10.4. The lowest BCUT2D eigenvalue weighted by Crippen LogP contribution is -2.22. The van der Waals surface area contributed by atoms with Gasteiger partial charge in [-0.3, -0.25) is 4.79 Å². The van der Waals surface area contributed by atoms with Crippen molar-refractivity contribution in [2.75, 3.05) is 19.0 Å². The molecule has 0 saturated carbocycles. The van der Waals surface area contributed by atoms with Crippen LogP contribution in [0.25, 0.3) is 17.0 Å². The lowest BCUT2D eigenvalue weighted by atomic mass is 10.1. The van der Waals surface area contributed by atoms with Gasteiger partial charge in [-0.25, -0.2) is 9.78 Å². The van der Waals surface area contributed by atoms with Crippen molar-refractivity contribution in [3.05, 3.63) is 89.8 Å². The molecule has 2 aromatic carbocycles. The maximum absolute atomic E-state index is 12.7. The number of oxazole rings is 1. The molecule has 2 amide bonds. The van der Waals surface area contributed by atoms with Gasteiger partial charge >= 0.3 is 6.09 Å². The second kappa shape index (κ2) is 9.86. The number of benzene rings is 2. The number of carbonyl (C=O) groups is 2. The van der Waals surface area contributed by atoms with Gasteiger partial charge in [0.1, 0.15) is 6.26 Å². The van der Waals surface area contributed by atoms with Gasteiger partial charge in [-0.15, -0.1) is 0 Å². The average molecular weight is 444 g/mol. The van der Waals surface area contributed by atoms with Crippen molar-refractivity contribution < 1.29 is 18.7 Å². The minimum atomic E-state index is -0.533. The zero-order chi connectivity index (χ0) is 23.2. The van der Waals surface area contributed by atoms with Crippen LogP contribution in [0.5, 0.6) is 0 Å². The molecule has 0 atom stereocenters. The Kier molecular flexibility index (Phi) is 6.54. The maximum Gasteiger partial charge on any atom is 0.407 e. The molecule has 0 aliphatic carbocycles. The van der Waals surface area contributed by atoms with Crippen molar-refractivity contribution in [2.24, 2.45) is 0 Å². The van der Waals surface area contributed by atoms with Crippen molar-refractivity contribution in [1.29, 1.82) is 0 Å². The average Bonchev–Trinajstić information content (AvgIpc) is 3.45. The molecule has 0 unspecified atom stereocenters. The van der Waals surface area contributed by atoms with E-state index in [2.05, 4.69) is 56.1 Å². The zero-order valence-corrected chi connectivity index (χ0v) is 18.4. The van der Waals surface area contributed by atoms with Gasteiger partial charge in [0.25, 0.3) is 5.91 Å². The van der Waals surface area contributed by atoms with Crippen molar-refractivity contribution in [3.63, 3.8) is 0 Å². The summed E-state index contributed by atoms with van der Waals surface area (Å²) in [6.07, 6.45) is 5.99. The van der Waals surface area contributed by atoms with Gasteiger partial charge in [-0.05, 0) is 36.8 Å². The van der Waals surface area contributed by atoms with Crippen LogP contribution in [0.1, 0.15) is 27.5 Å². The van der Waals surface area contributed by atoms with Crippen molar-refractivity contribution in [1.82, 2.24) is 14.9 Å². The third-order valence-corrected chi connectivity index (χ3v) is 5.06. The number of alkyl carbamates (subject to hydrolysis) is 1. The molecule has 2 N–H and O–H groups in total. The van der Waals surface area contributed by atoms with E-state index in [0.717, 1.165) is 17.4 Å². The first-order chi connectivity index (χ1) is 16.0. The molecule has 33 heavy (non-hydrogen) atoms. The SMILES string of the molecule is COC(=O)NC/C=C\c1nc(C(=O)Nc2cccc3c2ccn3Cc2cccc(C)c2)co1. The molecule has 0 aliphatic heterocycles. The zero-order valence-electron chi connectivity index (χ0n) is 18.4. The summed E-state index contributed by atoms with van der Waals surface area (Å²) in [6.45, 7) is 3.07. The molecule has 0 spiro atoms. The van der Waals surface area contributed by atoms with Crippen LogP contribution in [0.3, 0.4) is 0 Å².